The molecule has 1 unspecified atom stereocenters. The number of hydrogen-bond acceptors (Lipinski definition) is 4. The number of rotatable bonds is 4. The third kappa shape index (κ3) is 4.59. The molecule has 17 heavy (non-hydrogen) atoms. The molecule has 98 valence electrons. The predicted molar refractivity (Wildman–Crippen MR) is 60.4 cm³/mol. The van der Waals surface area contributed by atoms with Crippen molar-refractivity contribution in [3.05, 3.63) is 0 Å². The molecule has 1 fully saturated rings. The number of carboxylic acids is 1. The second-order valence-electron chi connectivity index (χ2n) is 4.20. The standard InChI is InChI=1S/C9H16N2O5S/c1-11(5-8(12)13)9(14)10-4-7-2-3-17(15,16)6-7/h7H,2-6H2,1H3,(H,10,14)(H,12,13). The number of carbonyl (C=O) groups excluding carboxylic acids is 1. The Morgan fingerprint density at radius 1 is 1.47 bits per heavy atom. The molecule has 1 aliphatic rings. The zero-order valence-electron chi connectivity index (χ0n) is 9.55. The molecule has 0 aliphatic carbocycles. The number of nitrogens with one attached hydrogen (secondary N) is 1. The average molecular weight is 264 g/mol. The van der Waals surface area contributed by atoms with Gasteiger partial charge in [-0.3, -0.25) is 4.79 Å². The molecule has 1 atom stereocenters. The van der Waals surface area contributed by atoms with Crippen LogP contribution in [-0.2, 0) is 14.6 Å². The number of nitrogens with zero attached hydrogens (tertiary/aromatic N) is 1. The number of aliphatic carboxylic acids is 1. The third-order valence-electron chi connectivity index (χ3n) is 2.59. The van der Waals surface area contributed by atoms with Gasteiger partial charge in [0.15, 0.2) is 9.84 Å². The largest absolute Gasteiger partial charge is 0.480 e. The summed E-state index contributed by atoms with van der Waals surface area (Å²) in [6.07, 6.45) is 0.547. The minimum atomic E-state index is -2.94. The number of carboxylic acid groups (broad SMARTS) is 1. The van der Waals surface area contributed by atoms with E-state index in [1.807, 2.05) is 0 Å². The maximum absolute atomic E-state index is 11.4. The van der Waals surface area contributed by atoms with Crippen LogP contribution in [0.1, 0.15) is 6.42 Å². The second kappa shape index (κ2) is 5.35. The number of amides is 2. The molecular weight excluding hydrogens is 248 g/mol. The summed E-state index contributed by atoms with van der Waals surface area (Å²) in [6, 6.07) is -0.503. The van der Waals surface area contributed by atoms with Gasteiger partial charge in [-0.05, 0) is 12.3 Å². The molecule has 1 saturated heterocycles. The second-order valence-corrected chi connectivity index (χ2v) is 6.43. The van der Waals surface area contributed by atoms with Gasteiger partial charge in [-0.25, -0.2) is 13.2 Å². The number of carbonyl (C=O) groups is 2. The third-order valence-corrected chi connectivity index (χ3v) is 4.42. The van der Waals surface area contributed by atoms with Gasteiger partial charge in [0.1, 0.15) is 6.54 Å². The number of hydrogen-bond donors (Lipinski definition) is 2. The molecule has 1 rings (SSSR count). The first kappa shape index (κ1) is 13.8. The molecule has 0 bridgehead atoms. The number of likely N-dealkylation sites (N-methyl/N-ethyl adjacent to an activating group) is 1. The fourth-order valence-electron chi connectivity index (χ4n) is 1.67. The van der Waals surface area contributed by atoms with Crippen molar-refractivity contribution in [2.75, 3.05) is 31.6 Å². The zero-order chi connectivity index (χ0) is 13.1. The monoisotopic (exact) mass is 264 g/mol. The summed E-state index contributed by atoms with van der Waals surface area (Å²) in [6.45, 7) is -0.114. The van der Waals surface area contributed by atoms with Crippen LogP contribution in [0.3, 0.4) is 0 Å². The van der Waals surface area contributed by atoms with Crippen molar-refractivity contribution in [2.24, 2.45) is 5.92 Å². The highest BCUT2D eigenvalue weighted by Crippen LogP contribution is 2.17. The van der Waals surface area contributed by atoms with E-state index in [0.29, 0.717) is 6.42 Å². The zero-order valence-corrected chi connectivity index (χ0v) is 10.4. The SMILES string of the molecule is CN(CC(=O)O)C(=O)NCC1CCS(=O)(=O)C1. The first-order valence-corrected chi connectivity index (χ1v) is 7.03. The minimum Gasteiger partial charge on any atom is -0.480 e. The Labute approximate surface area is 99.7 Å². The number of urea groups is 1. The lowest BCUT2D eigenvalue weighted by Gasteiger charge is -2.17. The molecule has 2 amide bonds. The van der Waals surface area contributed by atoms with Crippen LogP contribution in [0.25, 0.3) is 0 Å². The topological polar surface area (TPSA) is 104 Å². The minimum absolute atomic E-state index is 0.0674. The van der Waals surface area contributed by atoms with Gasteiger partial charge < -0.3 is 15.3 Å². The summed E-state index contributed by atoms with van der Waals surface area (Å²) in [5.41, 5.74) is 0. The fourth-order valence-corrected chi connectivity index (χ4v) is 3.54. The summed E-state index contributed by atoms with van der Waals surface area (Å²) in [7, 11) is -1.57. The van der Waals surface area contributed by atoms with Crippen molar-refractivity contribution in [2.45, 2.75) is 6.42 Å². The molecule has 0 radical (unpaired) electrons. The molecule has 0 saturated carbocycles. The highest BCUT2D eigenvalue weighted by molar-refractivity contribution is 7.91. The summed E-state index contributed by atoms with van der Waals surface area (Å²) in [4.78, 5) is 22.8. The van der Waals surface area contributed by atoms with Gasteiger partial charge in [-0.2, -0.15) is 0 Å². The summed E-state index contributed by atoms with van der Waals surface area (Å²) in [5, 5.41) is 11.0. The normalized spacial score (nSPS) is 22.1. The van der Waals surface area contributed by atoms with E-state index >= 15 is 0 Å². The van der Waals surface area contributed by atoms with E-state index in [2.05, 4.69) is 5.32 Å². The molecule has 8 heteroatoms. The van der Waals surface area contributed by atoms with Crippen molar-refractivity contribution in [1.29, 1.82) is 0 Å². The van der Waals surface area contributed by atoms with Gasteiger partial charge >= 0.3 is 12.0 Å². The van der Waals surface area contributed by atoms with Crippen LogP contribution in [-0.4, -0.2) is 62.1 Å². The Morgan fingerprint density at radius 2 is 2.12 bits per heavy atom. The maximum Gasteiger partial charge on any atom is 0.323 e. The van der Waals surface area contributed by atoms with Gasteiger partial charge in [0, 0.05) is 13.6 Å². The molecule has 1 aliphatic heterocycles. The molecule has 1 heterocycles. The van der Waals surface area contributed by atoms with Gasteiger partial charge in [-0.15, -0.1) is 0 Å². The van der Waals surface area contributed by atoms with Crippen molar-refractivity contribution in [3.63, 3.8) is 0 Å². The van der Waals surface area contributed by atoms with Crippen LogP contribution < -0.4 is 5.32 Å². The number of sulfone groups is 1. The molecule has 0 spiro atoms. The molecule has 0 aromatic heterocycles. The molecular formula is C9H16N2O5S. The van der Waals surface area contributed by atoms with E-state index < -0.39 is 21.8 Å². The van der Waals surface area contributed by atoms with Gasteiger partial charge in [0.2, 0.25) is 0 Å². The Kier molecular flexibility index (Phi) is 4.33. The van der Waals surface area contributed by atoms with E-state index in [4.69, 9.17) is 5.11 Å². The van der Waals surface area contributed by atoms with E-state index in [1.165, 1.54) is 7.05 Å². The summed E-state index contributed by atoms with van der Waals surface area (Å²) < 4.78 is 22.3. The lowest BCUT2D eigenvalue weighted by atomic mass is 10.1. The highest BCUT2D eigenvalue weighted by Gasteiger charge is 2.28. The smallest absolute Gasteiger partial charge is 0.323 e. The van der Waals surface area contributed by atoms with Gasteiger partial charge in [0.05, 0.1) is 11.5 Å². The maximum atomic E-state index is 11.4. The Hall–Kier alpha value is -1.31. The van der Waals surface area contributed by atoms with Crippen LogP contribution in [0.5, 0.6) is 0 Å². The van der Waals surface area contributed by atoms with Crippen LogP contribution in [0, 0.1) is 5.92 Å². The molecule has 0 aromatic rings. The lowest BCUT2D eigenvalue weighted by molar-refractivity contribution is -0.137. The van der Waals surface area contributed by atoms with Crippen LogP contribution in [0.4, 0.5) is 4.79 Å². The summed E-state index contributed by atoms with van der Waals surface area (Å²) >= 11 is 0. The molecule has 0 aromatic carbocycles. The predicted octanol–water partition coefficient (Wildman–Crippen LogP) is -0.853. The average Bonchev–Trinajstić information content (AvgIpc) is 2.53. The van der Waals surface area contributed by atoms with Gasteiger partial charge in [-0.1, -0.05) is 0 Å². The van der Waals surface area contributed by atoms with Gasteiger partial charge in [0.25, 0.3) is 0 Å². The first-order valence-electron chi connectivity index (χ1n) is 5.21. The Morgan fingerprint density at radius 3 is 2.59 bits per heavy atom. The van der Waals surface area contributed by atoms with Crippen molar-refractivity contribution < 1.29 is 23.1 Å². The molecule has 7 nitrogen and oxygen atoms in total. The highest BCUT2D eigenvalue weighted by atomic mass is 32.2. The first-order chi connectivity index (χ1) is 7.80. The van der Waals surface area contributed by atoms with Crippen molar-refractivity contribution in [3.8, 4) is 0 Å². The van der Waals surface area contributed by atoms with Crippen LogP contribution in [0.15, 0.2) is 0 Å². The van der Waals surface area contributed by atoms with E-state index in [1.54, 1.807) is 0 Å². The Balaban J connectivity index is 2.32. The summed E-state index contributed by atoms with van der Waals surface area (Å²) in [5.74, 6) is -0.901. The van der Waals surface area contributed by atoms with Crippen molar-refractivity contribution in [1.82, 2.24) is 10.2 Å². The lowest BCUT2D eigenvalue weighted by Crippen LogP contribution is -2.42. The van der Waals surface area contributed by atoms with E-state index in [0.717, 1.165) is 4.90 Å². The fraction of sp³-hybridized carbons (Fsp3) is 0.778. The quantitative estimate of drug-likeness (QED) is 0.688. The Bertz CT molecular complexity index is 406. The van der Waals surface area contributed by atoms with Crippen LogP contribution >= 0.6 is 0 Å². The van der Waals surface area contributed by atoms with Crippen LogP contribution in [0.2, 0.25) is 0 Å². The van der Waals surface area contributed by atoms with E-state index in [-0.39, 0.29) is 30.5 Å². The van der Waals surface area contributed by atoms with E-state index in [9.17, 15) is 18.0 Å². The molecule has 2 N–H and O–H groups in total. The van der Waals surface area contributed by atoms with Crippen molar-refractivity contribution >= 4 is 21.8 Å².